The predicted octanol–water partition coefficient (Wildman–Crippen LogP) is 4.40. The van der Waals surface area contributed by atoms with E-state index in [9.17, 15) is 0 Å². The van der Waals surface area contributed by atoms with Crippen molar-refractivity contribution in [3.63, 3.8) is 0 Å². The SMILES string of the molecule is CNCc1cc(Cl)ccc1Sc1nc2ccc(C)cc2[nH]1. The number of rotatable bonds is 4. The second-order valence-corrected chi connectivity index (χ2v) is 6.41. The zero-order chi connectivity index (χ0) is 14.8. The average molecular weight is 318 g/mol. The first-order chi connectivity index (χ1) is 10.2. The van der Waals surface area contributed by atoms with E-state index in [1.165, 1.54) is 11.1 Å². The third-order valence-electron chi connectivity index (χ3n) is 3.21. The number of fused-ring (bicyclic) bond motifs is 1. The van der Waals surface area contributed by atoms with Gasteiger partial charge >= 0.3 is 0 Å². The monoisotopic (exact) mass is 317 g/mol. The van der Waals surface area contributed by atoms with Crippen molar-refractivity contribution < 1.29 is 0 Å². The summed E-state index contributed by atoms with van der Waals surface area (Å²) in [4.78, 5) is 9.15. The number of nitrogens with one attached hydrogen (secondary N) is 2. The molecule has 0 saturated heterocycles. The van der Waals surface area contributed by atoms with Gasteiger partial charge in [-0.1, -0.05) is 29.4 Å². The maximum Gasteiger partial charge on any atom is 0.171 e. The molecule has 0 fully saturated rings. The maximum atomic E-state index is 6.08. The summed E-state index contributed by atoms with van der Waals surface area (Å²) in [6, 6.07) is 12.2. The molecule has 1 heterocycles. The van der Waals surface area contributed by atoms with Crippen LogP contribution in [-0.4, -0.2) is 17.0 Å². The third-order valence-corrected chi connectivity index (χ3v) is 4.45. The average Bonchev–Trinajstić information content (AvgIpc) is 2.83. The summed E-state index contributed by atoms with van der Waals surface area (Å²) < 4.78 is 0. The van der Waals surface area contributed by atoms with Crippen LogP contribution in [0.4, 0.5) is 0 Å². The number of hydrogen-bond acceptors (Lipinski definition) is 3. The van der Waals surface area contributed by atoms with E-state index >= 15 is 0 Å². The van der Waals surface area contributed by atoms with Gasteiger partial charge in [0.25, 0.3) is 0 Å². The number of nitrogens with zero attached hydrogens (tertiary/aromatic N) is 1. The molecule has 0 aliphatic rings. The fourth-order valence-electron chi connectivity index (χ4n) is 2.23. The summed E-state index contributed by atoms with van der Waals surface area (Å²) in [7, 11) is 1.93. The van der Waals surface area contributed by atoms with Gasteiger partial charge in [0.15, 0.2) is 5.16 Å². The molecule has 3 rings (SSSR count). The Kier molecular flexibility index (Phi) is 4.19. The number of H-pyrrole nitrogens is 1. The lowest BCUT2D eigenvalue weighted by Crippen LogP contribution is -2.06. The Hall–Kier alpha value is -1.49. The second kappa shape index (κ2) is 6.10. The molecular formula is C16H16ClN3S. The number of aromatic nitrogens is 2. The topological polar surface area (TPSA) is 40.7 Å². The molecule has 1 aromatic heterocycles. The molecule has 2 aromatic carbocycles. The summed E-state index contributed by atoms with van der Waals surface area (Å²) in [5.74, 6) is 0. The van der Waals surface area contributed by atoms with Gasteiger partial charge in [0.05, 0.1) is 11.0 Å². The highest BCUT2D eigenvalue weighted by atomic mass is 35.5. The van der Waals surface area contributed by atoms with Crippen LogP contribution in [0.3, 0.4) is 0 Å². The minimum Gasteiger partial charge on any atom is -0.333 e. The van der Waals surface area contributed by atoms with E-state index in [0.29, 0.717) is 0 Å². The van der Waals surface area contributed by atoms with Gasteiger partial charge in [-0.3, -0.25) is 0 Å². The molecule has 108 valence electrons. The van der Waals surface area contributed by atoms with Crippen molar-refractivity contribution in [2.75, 3.05) is 7.05 Å². The van der Waals surface area contributed by atoms with Crippen LogP contribution in [0.25, 0.3) is 11.0 Å². The van der Waals surface area contributed by atoms with E-state index in [-0.39, 0.29) is 0 Å². The van der Waals surface area contributed by atoms with Gasteiger partial charge in [-0.15, -0.1) is 0 Å². The highest BCUT2D eigenvalue weighted by molar-refractivity contribution is 7.99. The van der Waals surface area contributed by atoms with Gasteiger partial charge in [0.2, 0.25) is 0 Å². The Labute approximate surface area is 133 Å². The molecule has 5 heteroatoms. The largest absolute Gasteiger partial charge is 0.333 e. The highest BCUT2D eigenvalue weighted by Gasteiger charge is 2.09. The number of benzene rings is 2. The first kappa shape index (κ1) is 14.4. The van der Waals surface area contributed by atoms with Gasteiger partial charge in [0.1, 0.15) is 0 Å². The van der Waals surface area contributed by atoms with Crippen molar-refractivity contribution in [3.05, 3.63) is 52.5 Å². The smallest absolute Gasteiger partial charge is 0.171 e. The predicted molar refractivity (Wildman–Crippen MR) is 89.2 cm³/mol. The molecule has 0 saturated carbocycles. The fourth-order valence-corrected chi connectivity index (χ4v) is 3.33. The van der Waals surface area contributed by atoms with Crippen molar-refractivity contribution in [2.24, 2.45) is 0 Å². The van der Waals surface area contributed by atoms with Gasteiger partial charge in [-0.05, 0) is 55.4 Å². The van der Waals surface area contributed by atoms with E-state index in [2.05, 4.69) is 34.3 Å². The first-order valence-corrected chi connectivity index (χ1v) is 7.92. The molecule has 3 nitrogen and oxygen atoms in total. The van der Waals surface area contributed by atoms with Gasteiger partial charge in [0, 0.05) is 16.5 Å². The first-order valence-electron chi connectivity index (χ1n) is 6.73. The minimum atomic E-state index is 0.754. The Balaban J connectivity index is 1.94. The van der Waals surface area contributed by atoms with Gasteiger partial charge in [-0.2, -0.15) is 0 Å². The standard InChI is InChI=1S/C16H16ClN3S/c1-10-3-5-13-14(7-10)20-16(19-13)21-15-6-4-12(17)8-11(15)9-18-2/h3-8,18H,9H2,1-2H3,(H,19,20). The molecule has 2 N–H and O–H groups in total. The van der Waals surface area contributed by atoms with Crippen LogP contribution in [0.15, 0.2) is 46.5 Å². The lowest BCUT2D eigenvalue weighted by Gasteiger charge is -2.07. The van der Waals surface area contributed by atoms with Crippen molar-refractivity contribution in [1.29, 1.82) is 0 Å². The van der Waals surface area contributed by atoms with Crippen molar-refractivity contribution >= 4 is 34.4 Å². The Bertz CT molecular complexity index is 782. The van der Waals surface area contributed by atoms with Crippen LogP contribution in [0, 0.1) is 6.92 Å². The second-order valence-electron chi connectivity index (χ2n) is 4.95. The van der Waals surface area contributed by atoms with Crippen LogP contribution in [-0.2, 0) is 6.54 Å². The molecule has 0 aliphatic carbocycles. The molecule has 0 unspecified atom stereocenters. The molecule has 0 spiro atoms. The van der Waals surface area contributed by atoms with E-state index in [1.807, 2.05) is 31.3 Å². The summed E-state index contributed by atoms with van der Waals surface area (Å²) in [5, 5.41) is 4.82. The van der Waals surface area contributed by atoms with Crippen molar-refractivity contribution in [3.8, 4) is 0 Å². The van der Waals surface area contributed by atoms with E-state index in [4.69, 9.17) is 11.6 Å². The van der Waals surface area contributed by atoms with Crippen molar-refractivity contribution in [1.82, 2.24) is 15.3 Å². The summed E-state index contributed by atoms with van der Waals surface area (Å²) in [5.41, 5.74) is 4.46. The zero-order valence-electron chi connectivity index (χ0n) is 11.9. The molecule has 3 aromatic rings. The number of halogens is 1. The van der Waals surface area contributed by atoms with Gasteiger partial charge < -0.3 is 10.3 Å². The van der Waals surface area contributed by atoms with Crippen LogP contribution >= 0.6 is 23.4 Å². The van der Waals surface area contributed by atoms with Crippen LogP contribution in [0.1, 0.15) is 11.1 Å². The third kappa shape index (κ3) is 3.23. The maximum absolute atomic E-state index is 6.08. The van der Waals surface area contributed by atoms with E-state index < -0.39 is 0 Å². The number of hydrogen-bond donors (Lipinski definition) is 2. The number of imidazole rings is 1. The van der Waals surface area contributed by atoms with Crippen LogP contribution in [0.5, 0.6) is 0 Å². The summed E-state index contributed by atoms with van der Waals surface area (Å²) in [6.45, 7) is 2.86. The molecule has 0 aliphatic heterocycles. The molecule has 21 heavy (non-hydrogen) atoms. The number of aromatic amines is 1. The van der Waals surface area contributed by atoms with Gasteiger partial charge in [-0.25, -0.2) is 4.98 Å². The Morgan fingerprint density at radius 1 is 1.24 bits per heavy atom. The Morgan fingerprint density at radius 3 is 2.90 bits per heavy atom. The lowest BCUT2D eigenvalue weighted by molar-refractivity contribution is 0.803. The van der Waals surface area contributed by atoms with Crippen LogP contribution in [0.2, 0.25) is 5.02 Å². The van der Waals surface area contributed by atoms with Crippen molar-refractivity contribution in [2.45, 2.75) is 23.5 Å². The minimum absolute atomic E-state index is 0.754. The zero-order valence-corrected chi connectivity index (χ0v) is 13.5. The fraction of sp³-hybridized carbons (Fsp3) is 0.188. The van der Waals surface area contributed by atoms with E-state index in [0.717, 1.165) is 32.7 Å². The lowest BCUT2D eigenvalue weighted by atomic mass is 10.2. The molecule has 0 amide bonds. The molecular weight excluding hydrogens is 302 g/mol. The Morgan fingerprint density at radius 2 is 2.10 bits per heavy atom. The quantitative estimate of drug-likeness (QED) is 0.749. The molecule has 0 bridgehead atoms. The summed E-state index contributed by atoms with van der Waals surface area (Å²) in [6.07, 6.45) is 0. The molecule has 0 radical (unpaired) electrons. The van der Waals surface area contributed by atoms with E-state index in [1.54, 1.807) is 11.8 Å². The highest BCUT2D eigenvalue weighted by Crippen LogP contribution is 2.31. The van der Waals surface area contributed by atoms with Crippen LogP contribution < -0.4 is 5.32 Å². The molecule has 0 atom stereocenters. The number of aryl methyl sites for hydroxylation is 1. The normalized spacial score (nSPS) is 11.2. The summed E-state index contributed by atoms with van der Waals surface area (Å²) >= 11 is 7.71.